The Bertz CT molecular complexity index is 455. The van der Waals surface area contributed by atoms with E-state index in [9.17, 15) is 4.79 Å². The minimum absolute atomic E-state index is 0.225. The lowest BCUT2D eigenvalue weighted by atomic mass is 10.1. The lowest BCUT2D eigenvalue weighted by Crippen LogP contribution is -2.31. The molecule has 1 aliphatic rings. The monoisotopic (exact) mass is 325 g/mol. The predicted molar refractivity (Wildman–Crippen MR) is 79.1 cm³/mol. The molecule has 0 bridgehead atoms. The van der Waals surface area contributed by atoms with Gasteiger partial charge in [0.15, 0.2) is 0 Å². The van der Waals surface area contributed by atoms with Gasteiger partial charge in [-0.3, -0.25) is 4.79 Å². The molecule has 0 N–H and O–H groups in total. The second kappa shape index (κ2) is 6.42. The average Bonchev–Trinajstić information content (AvgIpc) is 2.92. The molecule has 0 aliphatic heterocycles. The maximum atomic E-state index is 12.3. The van der Waals surface area contributed by atoms with E-state index in [-0.39, 0.29) is 11.8 Å². The standard InChI is InChI=1S/C15H20BrNO2/c1-17(15(18)11-5-3-4-6-11)10-12-9-13(16)7-8-14(12)19-2/h7-9,11H,3-6,10H2,1-2H3. The highest BCUT2D eigenvalue weighted by Crippen LogP contribution is 2.28. The Morgan fingerprint density at radius 3 is 2.74 bits per heavy atom. The molecule has 0 atom stereocenters. The lowest BCUT2D eigenvalue weighted by molar-refractivity contribution is -0.134. The summed E-state index contributed by atoms with van der Waals surface area (Å²) in [6.45, 7) is 0.595. The maximum absolute atomic E-state index is 12.3. The van der Waals surface area contributed by atoms with Gasteiger partial charge in [-0.25, -0.2) is 0 Å². The SMILES string of the molecule is COc1ccc(Br)cc1CN(C)C(=O)C1CCCC1. The number of rotatable bonds is 4. The highest BCUT2D eigenvalue weighted by atomic mass is 79.9. The zero-order chi connectivity index (χ0) is 13.8. The van der Waals surface area contributed by atoms with Crippen LogP contribution in [0.15, 0.2) is 22.7 Å². The van der Waals surface area contributed by atoms with Crippen LogP contribution in [0.5, 0.6) is 5.75 Å². The van der Waals surface area contributed by atoms with Crippen LogP contribution in [0.25, 0.3) is 0 Å². The number of hydrogen-bond acceptors (Lipinski definition) is 2. The number of carbonyl (C=O) groups is 1. The van der Waals surface area contributed by atoms with Gasteiger partial charge < -0.3 is 9.64 Å². The number of ether oxygens (including phenoxy) is 1. The summed E-state index contributed by atoms with van der Waals surface area (Å²) < 4.78 is 6.35. The van der Waals surface area contributed by atoms with Gasteiger partial charge in [0.25, 0.3) is 0 Å². The summed E-state index contributed by atoms with van der Waals surface area (Å²) >= 11 is 3.46. The number of methoxy groups -OCH3 is 1. The Labute approximate surface area is 123 Å². The number of halogens is 1. The smallest absolute Gasteiger partial charge is 0.225 e. The Hall–Kier alpha value is -1.03. The molecule has 1 aromatic carbocycles. The number of amides is 1. The Morgan fingerprint density at radius 1 is 1.42 bits per heavy atom. The molecule has 0 aromatic heterocycles. The van der Waals surface area contributed by atoms with Crippen LogP contribution >= 0.6 is 15.9 Å². The van der Waals surface area contributed by atoms with Crippen molar-refractivity contribution in [2.75, 3.05) is 14.2 Å². The molecule has 1 fully saturated rings. The summed E-state index contributed by atoms with van der Waals surface area (Å²) in [7, 11) is 3.53. The van der Waals surface area contributed by atoms with Crippen molar-refractivity contribution in [2.24, 2.45) is 5.92 Å². The summed E-state index contributed by atoms with van der Waals surface area (Å²) in [4.78, 5) is 14.1. The topological polar surface area (TPSA) is 29.5 Å². The largest absolute Gasteiger partial charge is 0.496 e. The molecule has 4 heteroatoms. The van der Waals surface area contributed by atoms with Crippen LogP contribution in [0, 0.1) is 5.92 Å². The van der Waals surface area contributed by atoms with Crippen LogP contribution in [0.3, 0.4) is 0 Å². The lowest BCUT2D eigenvalue weighted by Gasteiger charge is -2.22. The molecule has 0 spiro atoms. The van der Waals surface area contributed by atoms with Crippen molar-refractivity contribution >= 4 is 21.8 Å². The van der Waals surface area contributed by atoms with E-state index >= 15 is 0 Å². The zero-order valence-electron chi connectivity index (χ0n) is 11.5. The molecule has 0 heterocycles. The fourth-order valence-electron chi connectivity index (χ4n) is 2.69. The van der Waals surface area contributed by atoms with E-state index in [1.54, 1.807) is 7.11 Å². The summed E-state index contributed by atoms with van der Waals surface area (Å²) in [6, 6.07) is 5.88. The van der Waals surface area contributed by atoms with E-state index in [2.05, 4.69) is 15.9 Å². The van der Waals surface area contributed by atoms with E-state index < -0.39 is 0 Å². The molecule has 1 saturated carbocycles. The van der Waals surface area contributed by atoms with Crippen molar-refractivity contribution in [1.29, 1.82) is 0 Å². The first-order valence-corrected chi connectivity index (χ1v) is 7.48. The van der Waals surface area contributed by atoms with E-state index in [1.807, 2.05) is 30.1 Å². The van der Waals surface area contributed by atoms with E-state index in [4.69, 9.17) is 4.74 Å². The molecule has 2 rings (SSSR count). The Kier molecular flexibility index (Phi) is 4.86. The first kappa shape index (κ1) is 14.4. The average molecular weight is 326 g/mol. The van der Waals surface area contributed by atoms with Gasteiger partial charge in [-0.1, -0.05) is 28.8 Å². The minimum Gasteiger partial charge on any atom is -0.496 e. The van der Waals surface area contributed by atoms with Crippen LogP contribution in [-0.2, 0) is 11.3 Å². The number of hydrogen-bond donors (Lipinski definition) is 0. The van der Waals surface area contributed by atoms with Gasteiger partial charge in [0.05, 0.1) is 7.11 Å². The highest BCUT2D eigenvalue weighted by Gasteiger charge is 2.25. The maximum Gasteiger partial charge on any atom is 0.225 e. The molecule has 104 valence electrons. The first-order valence-electron chi connectivity index (χ1n) is 6.69. The summed E-state index contributed by atoms with van der Waals surface area (Å²) in [5.41, 5.74) is 1.03. The first-order chi connectivity index (χ1) is 9.11. The van der Waals surface area contributed by atoms with Crippen molar-refractivity contribution in [3.05, 3.63) is 28.2 Å². The quantitative estimate of drug-likeness (QED) is 0.846. The van der Waals surface area contributed by atoms with Crippen LogP contribution in [0.2, 0.25) is 0 Å². The van der Waals surface area contributed by atoms with Gasteiger partial charge in [0.1, 0.15) is 5.75 Å². The van der Waals surface area contributed by atoms with E-state index in [1.165, 1.54) is 12.8 Å². The summed E-state index contributed by atoms with van der Waals surface area (Å²) in [5, 5.41) is 0. The Morgan fingerprint density at radius 2 is 2.11 bits per heavy atom. The summed E-state index contributed by atoms with van der Waals surface area (Å²) in [5.74, 6) is 1.32. The van der Waals surface area contributed by atoms with Crippen molar-refractivity contribution in [3.63, 3.8) is 0 Å². The second-order valence-corrected chi connectivity index (χ2v) is 6.05. The number of carbonyl (C=O) groups excluding carboxylic acids is 1. The molecule has 1 aliphatic carbocycles. The van der Waals surface area contributed by atoms with Gasteiger partial charge in [0.2, 0.25) is 5.91 Å². The molecule has 1 amide bonds. The van der Waals surface area contributed by atoms with Crippen molar-refractivity contribution in [3.8, 4) is 5.75 Å². The van der Waals surface area contributed by atoms with Gasteiger partial charge >= 0.3 is 0 Å². The molecule has 3 nitrogen and oxygen atoms in total. The van der Waals surface area contributed by atoms with Gasteiger partial charge in [-0.05, 0) is 31.0 Å². The van der Waals surface area contributed by atoms with Crippen LogP contribution in [0.1, 0.15) is 31.2 Å². The number of benzene rings is 1. The highest BCUT2D eigenvalue weighted by molar-refractivity contribution is 9.10. The van der Waals surface area contributed by atoms with Gasteiger partial charge in [-0.15, -0.1) is 0 Å². The fraction of sp³-hybridized carbons (Fsp3) is 0.533. The molecule has 0 radical (unpaired) electrons. The van der Waals surface area contributed by atoms with Crippen LogP contribution in [0.4, 0.5) is 0 Å². The van der Waals surface area contributed by atoms with Gasteiger partial charge in [0, 0.05) is 29.5 Å². The number of nitrogens with zero attached hydrogens (tertiary/aromatic N) is 1. The molecular formula is C15H20BrNO2. The Balaban J connectivity index is 2.07. The third-order valence-electron chi connectivity index (χ3n) is 3.73. The minimum atomic E-state index is 0.225. The normalized spacial score (nSPS) is 15.5. The van der Waals surface area contributed by atoms with E-state index in [0.717, 1.165) is 28.6 Å². The third kappa shape index (κ3) is 3.50. The van der Waals surface area contributed by atoms with Crippen LogP contribution < -0.4 is 4.74 Å². The molecule has 19 heavy (non-hydrogen) atoms. The predicted octanol–water partition coefficient (Wildman–Crippen LogP) is 3.61. The molecule has 0 saturated heterocycles. The van der Waals surface area contributed by atoms with Crippen LogP contribution in [-0.4, -0.2) is 25.0 Å². The zero-order valence-corrected chi connectivity index (χ0v) is 13.1. The molecule has 0 unspecified atom stereocenters. The van der Waals surface area contributed by atoms with Crippen molar-refractivity contribution < 1.29 is 9.53 Å². The van der Waals surface area contributed by atoms with E-state index in [0.29, 0.717) is 6.54 Å². The van der Waals surface area contributed by atoms with Crippen molar-refractivity contribution in [2.45, 2.75) is 32.2 Å². The fourth-order valence-corrected chi connectivity index (χ4v) is 3.10. The third-order valence-corrected chi connectivity index (χ3v) is 4.22. The van der Waals surface area contributed by atoms with Crippen molar-refractivity contribution in [1.82, 2.24) is 4.90 Å². The summed E-state index contributed by atoms with van der Waals surface area (Å²) in [6.07, 6.45) is 4.45. The molecular weight excluding hydrogens is 306 g/mol. The second-order valence-electron chi connectivity index (χ2n) is 5.13. The molecule has 1 aromatic rings. The van der Waals surface area contributed by atoms with Gasteiger partial charge in [-0.2, -0.15) is 0 Å².